The number of rotatable bonds is 8. The van der Waals surface area contributed by atoms with Crippen LogP contribution >= 0.6 is 0 Å². The number of likely N-dealkylation sites (N-methyl/N-ethyl adjacent to an activating group) is 1. The minimum atomic E-state index is -3.80. The predicted molar refractivity (Wildman–Crippen MR) is 162 cm³/mol. The summed E-state index contributed by atoms with van der Waals surface area (Å²) in [6, 6.07) is 19.8. The minimum Gasteiger partial charge on any atom is -0.488 e. The van der Waals surface area contributed by atoms with Gasteiger partial charge >= 0.3 is 6.03 Å². The Labute approximate surface area is 247 Å². The van der Waals surface area contributed by atoms with Gasteiger partial charge in [-0.1, -0.05) is 42.8 Å². The number of aliphatic hydroxyl groups is 1. The minimum absolute atomic E-state index is 0.0214. The molecule has 3 N–H and O–H groups in total. The highest BCUT2D eigenvalue weighted by Gasteiger charge is 2.33. The summed E-state index contributed by atoms with van der Waals surface area (Å²) in [6.07, 6.45) is -0.639. The smallest absolute Gasteiger partial charge is 0.323 e. The number of sulfonamides is 1. The van der Waals surface area contributed by atoms with Gasteiger partial charge in [-0.2, -0.15) is 4.31 Å². The molecule has 11 heteroatoms. The number of para-hydroxylation sites is 1. The number of aryl methyl sites for hydroxylation is 1. The normalized spacial score (nSPS) is 18.2. The van der Waals surface area contributed by atoms with Crippen LogP contribution in [0, 0.1) is 12.8 Å². The zero-order valence-electron chi connectivity index (χ0n) is 24.3. The first-order valence-electron chi connectivity index (χ1n) is 13.8. The molecular weight excluding hydrogens is 556 g/mol. The zero-order chi connectivity index (χ0) is 30.4. The number of hydrogen-bond donors (Lipinski definition) is 3. The van der Waals surface area contributed by atoms with Crippen LogP contribution in [-0.4, -0.2) is 73.6 Å². The Morgan fingerprint density at radius 2 is 1.74 bits per heavy atom. The molecule has 3 atom stereocenters. The number of nitrogens with zero attached hydrogens (tertiary/aromatic N) is 2. The van der Waals surface area contributed by atoms with Gasteiger partial charge in [-0.3, -0.25) is 4.79 Å². The van der Waals surface area contributed by atoms with Gasteiger partial charge < -0.3 is 25.4 Å². The lowest BCUT2D eigenvalue weighted by Crippen LogP contribution is -2.48. The molecule has 224 valence electrons. The van der Waals surface area contributed by atoms with Gasteiger partial charge in [-0.25, -0.2) is 13.2 Å². The maximum Gasteiger partial charge on any atom is 0.323 e. The number of urea groups is 1. The van der Waals surface area contributed by atoms with E-state index in [-0.39, 0.29) is 42.8 Å². The summed E-state index contributed by atoms with van der Waals surface area (Å²) in [7, 11) is -2.29. The first-order valence-corrected chi connectivity index (χ1v) is 15.3. The Kier molecular flexibility index (Phi) is 9.87. The molecule has 0 radical (unpaired) electrons. The summed E-state index contributed by atoms with van der Waals surface area (Å²) >= 11 is 0. The lowest BCUT2D eigenvalue weighted by Gasteiger charge is -2.33. The van der Waals surface area contributed by atoms with Crippen LogP contribution in [0.25, 0.3) is 0 Å². The molecule has 0 aromatic heterocycles. The van der Waals surface area contributed by atoms with Crippen molar-refractivity contribution in [2.75, 3.05) is 37.4 Å². The number of hydrogen-bond acceptors (Lipinski definition) is 6. The fraction of sp³-hybridized carbons (Fsp3) is 0.355. The molecule has 3 aromatic carbocycles. The maximum atomic E-state index is 13.5. The second-order valence-electron chi connectivity index (χ2n) is 10.8. The van der Waals surface area contributed by atoms with E-state index in [2.05, 4.69) is 10.6 Å². The SMILES string of the molecule is Cc1ccc(S(=O)(=O)N(C)C[C@H]2Oc3ccc(NC(=O)Nc4ccccc4)cc3CC(=O)N([C@@H](C)CO)C[C@H]2C)cc1. The number of anilines is 2. The molecule has 0 aliphatic carbocycles. The van der Waals surface area contributed by atoms with Gasteiger partial charge in [0.05, 0.1) is 30.5 Å². The van der Waals surface area contributed by atoms with Crippen molar-refractivity contribution in [2.24, 2.45) is 5.92 Å². The highest BCUT2D eigenvalue weighted by Crippen LogP contribution is 2.30. The van der Waals surface area contributed by atoms with E-state index in [9.17, 15) is 23.1 Å². The van der Waals surface area contributed by atoms with Crippen LogP contribution < -0.4 is 15.4 Å². The Bertz CT molecular complexity index is 1500. The molecule has 1 heterocycles. The van der Waals surface area contributed by atoms with Crippen molar-refractivity contribution in [3.05, 3.63) is 83.9 Å². The van der Waals surface area contributed by atoms with Crippen LogP contribution in [-0.2, 0) is 21.2 Å². The number of nitrogens with one attached hydrogen (secondary N) is 2. The summed E-state index contributed by atoms with van der Waals surface area (Å²) in [4.78, 5) is 27.8. The molecule has 1 aliphatic heterocycles. The average molecular weight is 595 g/mol. The molecule has 0 saturated carbocycles. The van der Waals surface area contributed by atoms with E-state index in [1.54, 1.807) is 66.4 Å². The van der Waals surface area contributed by atoms with Gasteiger partial charge in [0.25, 0.3) is 0 Å². The van der Waals surface area contributed by atoms with Crippen LogP contribution in [0.5, 0.6) is 5.75 Å². The van der Waals surface area contributed by atoms with E-state index in [1.165, 1.54) is 11.4 Å². The molecule has 1 aliphatic rings. The van der Waals surface area contributed by atoms with Gasteiger partial charge in [0.2, 0.25) is 15.9 Å². The van der Waals surface area contributed by atoms with Gasteiger partial charge in [-0.15, -0.1) is 0 Å². The van der Waals surface area contributed by atoms with Crippen molar-refractivity contribution in [3.63, 3.8) is 0 Å². The zero-order valence-corrected chi connectivity index (χ0v) is 25.1. The number of carbonyl (C=O) groups is 2. The molecule has 42 heavy (non-hydrogen) atoms. The number of amides is 3. The maximum absolute atomic E-state index is 13.5. The number of carbonyl (C=O) groups excluding carboxylic acids is 2. The molecule has 3 aromatic rings. The number of aliphatic hydroxyl groups excluding tert-OH is 1. The third kappa shape index (κ3) is 7.47. The summed E-state index contributed by atoms with van der Waals surface area (Å²) in [5, 5.41) is 15.4. The molecule has 0 spiro atoms. The largest absolute Gasteiger partial charge is 0.488 e. The summed E-state index contributed by atoms with van der Waals surface area (Å²) in [5.41, 5.74) is 2.58. The van der Waals surface area contributed by atoms with E-state index < -0.39 is 28.2 Å². The molecule has 0 unspecified atom stereocenters. The third-order valence-corrected chi connectivity index (χ3v) is 9.21. The topological polar surface area (TPSA) is 128 Å². The monoisotopic (exact) mass is 594 g/mol. The van der Waals surface area contributed by atoms with Gasteiger partial charge in [0, 0.05) is 36.4 Å². The Hall–Kier alpha value is -3.93. The second kappa shape index (κ2) is 13.4. The van der Waals surface area contributed by atoms with Crippen LogP contribution in [0.1, 0.15) is 25.0 Å². The first kappa shape index (κ1) is 31.0. The second-order valence-corrected chi connectivity index (χ2v) is 12.8. The standard InChI is InChI=1S/C31H38N4O6S/c1-21-10-13-27(14-11-21)42(39,40)34(4)19-29-22(2)18-35(23(3)20-36)30(37)17-24-16-26(12-15-28(24)41-29)33-31(38)32-25-8-6-5-7-9-25/h5-16,22-23,29,36H,17-20H2,1-4H3,(H2,32,33,38)/t22-,23+,29-/m1/s1. The Balaban J connectivity index is 1.62. The Morgan fingerprint density at radius 3 is 2.40 bits per heavy atom. The van der Waals surface area contributed by atoms with E-state index in [4.69, 9.17) is 4.74 Å². The fourth-order valence-electron chi connectivity index (χ4n) is 4.78. The van der Waals surface area contributed by atoms with Crippen LogP contribution in [0.3, 0.4) is 0 Å². The first-order chi connectivity index (χ1) is 20.0. The number of fused-ring (bicyclic) bond motifs is 1. The quantitative estimate of drug-likeness (QED) is 0.360. The number of benzene rings is 3. The van der Waals surface area contributed by atoms with Crippen LogP contribution in [0.2, 0.25) is 0 Å². The molecule has 4 rings (SSSR count). The molecular formula is C31H38N4O6S. The van der Waals surface area contributed by atoms with Crippen molar-refractivity contribution in [1.82, 2.24) is 9.21 Å². The van der Waals surface area contributed by atoms with Crippen molar-refractivity contribution < 1.29 is 27.9 Å². The highest BCUT2D eigenvalue weighted by atomic mass is 32.2. The predicted octanol–water partition coefficient (Wildman–Crippen LogP) is 4.11. The summed E-state index contributed by atoms with van der Waals surface area (Å²) in [5.74, 6) is -0.0618. The lowest BCUT2D eigenvalue weighted by molar-refractivity contribution is -0.134. The molecule has 0 bridgehead atoms. The highest BCUT2D eigenvalue weighted by molar-refractivity contribution is 7.89. The summed E-state index contributed by atoms with van der Waals surface area (Å²) in [6.45, 7) is 5.63. The fourth-order valence-corrected chi connectivity index (χ4v) is 5.96. The van der Waals surface area contributed by atoms with Crippen molar-refractivity contribution in [1.29, 1.82) is 0 Å². The van der Waals surface area contributed by atoms with Gasteiger partial charge in [-0.05, 0) is 56.3 Å². The van der Waals surface area contributed by atoms with Crippen molar-refractivity contribution in [3.8, 4) is 5.75 Å². The van der Waals surface area contributed by atoms with E-state index in [0.29, 0.717) is 22.7 Å². The van der Waals surface area contributed by atoms with E-state index in [1.807, 2.05) is 32.0 Å². The van der Waals surface area contributed by atoms with Crippen LogP contribution in [0.4, 0.5) is 16.2 Å². The molecule has 0 fully saturated rings. The van der Waals surface area contributed by atoms with E-state index in [0.717, 1.165) is 5.56 Å². The van der Waals surface area contributed by atoms with Crippen molar-refractivity contribution >= 4 is 33.3 Å². The third-order valence-electron chi connectivity index (χ3n) is 7.37. The molecule has 0 saturated heterocycles. The average Bonchev–Trinajstić information content (AvgIpc) is 3.00. The molecule has 10 nitrogen and oxygen atoms in total. The van der Waals surface area contributed by atoms with E-state index >= 15 is 0 Å². The van der Waals surface area contributed by atoms with Gasteiger partial charge in [0.15, 0.2) is 0 Å². The lowest BCUT2D eigenvalue weighted by atomic mass is 10.0. The molecule has 3 amide bonds. The van der Waals surface area contributed by atoms with Crippen LogP contribution in [0.15, 0.2) is 77.7 Å². The Morgan fingerprint density at radius 1 is 1.07 bits per heavy atom. The van der Waals surface area contributed by atoms with Crippen molar-refractivity contribution in [2.45, 2.75) is 44.2 Å². The van der Waals surface area contributed by atoms with Gasteiger partial charge in [0.1, 0.15) is 11.9 Å². The summed E-state index contributed by atoms with van der Waals surface area (Å²) < 4.78 is 34.4. The number of ether oxygens (including phenoxy) is 1.